The molecule has 0 bridgehead atoms. The van der Waals surface area contributed by atoms with E-state index in [2.05, 4.69) is 20.4 Å². The molecule has 0 fully saturated rings. The molecule has 8 nitrogen and oxygen atoms in total. The standard InChI is InChI=1S/C23H17N5O3S/c29-21(12-16-8-5-11-32-16)25-20-13-18(19-9-4-10-31-19)27-28(20)23-24-17(14-22(30)26-23)15-6-2-1-3-7-15/h1-11,13-14H,12H2,(H,25,29)(H,24,26,30). The SMILES string of the molecule is O=C(Cc1cccs1)Nc1cc(-c2ccco2)nn1-c1nc(-c2ccccc2)cc(=O)[nH]1. The van der Waals surface area contributed by atoms with Crippen molar-refractivity contribution in [3.05, 3.63) is 93.6 Å². The fraction of sp³-hybridized carbons (Fsp3) is 0.0435. The van der Waals surface area contributed by atoms with Crippen molar-refractivity contribution < 1.29 is 9.21 Å². The number of hydrogen-bond acceptors (Lipinski definition) is 6. The highest BCUT2D eigenvalue weighted by Crippen LogP contribution is 2.25. The van der Waals surface area contributed by atoms with Gasteiger partial charge in [-0.05, 0) is 23.6 Å². The number of thiophene rings is 1. The molecule has 158 valence electrons. The first-order chi connectivity index (χ1) is 15.7. The maximum atomic E-state index is 12.7. The number of aromatic amines is 1. The van der Waals surface area contributed by atoms with Crippen LogP contribution in [0.3, 0.4) is 0 Å². The number of nitrogens with zero attached hydrogens (tertiary/aromatic N) is 3. The van der Waals surface area contributed by atoms with Gasteiger partial charge >= 0.3 is 0 Å². The lowest BCUT2D eigenvalue weighted by molar-refractivity contribution is -0.115. The van der Waals surface area contributed by atoms with E-state index in [1.54, 1.807) is 24.5 Å². The summed E-state index contributed by atoms with van der Waals surface area (Å²) in [4.78, 5) is 33.3. The molecular formula is C23H17N5O3S. The molecule has 32 heavy (non-hydrogen) atoms. The van der Waals surface area contributed by atoms with Crippen LogP contribution in [0.2, 0.25) is 0 Å². The lowest BCUT2D eigenvalue weighted by atomic mass is 10.1. The molecule has 5 rings (SSSR count). The van der Waals surface area contributed by atoms with Crippen LogP contribution in [0.5, 0.6) is 0 Å². The van der Waals surface area contributed by atoms with E-state index in [1.807, 2.05) is 47.8 Å². The van der Waals surface area contributed by atoms with Crippen LogP contribution in [-0.2, 0) is 11.2 Å². The van der Waals surface area contributed by atoms with Crippen LogP contribution in [0.25, 0.3) is 28.7 Å². The van der Waals surface area contributed by atoms with Gasteiger partial charge in [0.15, 0.2) is 5.76 Å². The summed E-state index contributed by atoms with van der Waals surface area (Å²) >= 11 is 1.51. The molecule has 1 aromatic carbocycles. The number of benzene rings is 1. The summed E-state index contributed by atoms with van der Waals surface area (Å²) in [5, 5.41) is 9.32. The van der Waals surface area contributed by atoms with Crippen molar-refractivity contribution in [2.75, 3.05) is 5.32 Å². The Balaban J connectivity index is 1.56. The molecular weight excluding hydrogens is 426 g/mol. The van der Waals surface area contributed by atoms with Crippen molar-refractivity contribution in [3.8, 4) is 28.7 Å². The van der Waals surface area contributed by atoms with Gasteiger partial charge in [0.25, 0.3) is 5.56 Å². The minimum Gasteiger partial charge on any atom is -0.463 e. The van der Waals surface area contributed by atoms with E-state index in [9.17, 15) is 9.59 Å². The molecule has 0 aliphatic carbocycles. The first-order valence-corrected chi connectivity index (χ1v) is 10.7. The van der Waals surface area contributed by atoms with Crippen LogP contribution in [0, 0.1) is 0 Å². The van der Waals surface area contributed by atoms with E-state index in [1.165, 1.54) is 22.1 Å². The summed E-state index contributed by atoms with van der Waals surface area (Å²) in [6.07, 6.45) is 1.77. The van der Waals surface area contributed by atoms with Crippen molar-refractivity contribution in [2.45, 2.75) is 6.42 Å². The number of furan rings is 1. The van der Waals surface area contributed by atoms with Crippen LogP contribution >= 0.6 is 11.3 Å². The van der Waals surface area contributed by atoms with Gasteiger partial charge in [-0.25, -0.2) is 4.98 Å². The molecule has 0 radical (unpaired) electrons. The summed E-state index contributed by atoms with van der Waals surface area (Å²) in [5.74, 6) is 0.868. The third-order valence-corrected chi connectivity index (χ3v) is 5.54. The number of hydrogen-bond donors (Lipinski definition) is 2. The predicted octanol–water partition coefficient (Wildman–Crippen LogP) is 4.13. The second-order valence-electron chi connectivity index (χ2n) is 6.93. The highest BCUT2D eigenvalue weighted by Gasteiger charge is 2.18. The second kappa shape index (κ2) is 8.48. The van der Waals surface area contributed by atoms with Gasteiger partial charge in [-0.3, -0.25) is 14.6 Å². The summed E-state index contributed by atoms with van der Waals surface area (Å²) in [6.45, 7) is 0. The zero-order valence-corrected chi connectivity index (χ0v) is 17.5. The van der Waals surface area contributed by atoms with Crippen molar-refractivity contribution in [2.24, 2.45) is 0 Å². The zero-order valence-electron chi connectivity index (χ0n) is 16.7. The van der Waals surface area contributed by atoms with E-state index in [0.717, 1.165) is 10.4 Å². The zero-order chi connectivity index (χ0) is 21.9. The van der Waals surface area contributed by atoms with Crippen molar-refractivity contribution >= 4 is 23.1 Å². The maximum Gasteiger partial charge on any atom is 0.252 e. The summed E-state index contributed by atoms with van der Waals surface area (Å²) in [5.41, 5.74) is 1.45. The third-order valence-electron chi connectivity index (χ3n) is 4.66. The van der Waals surface area contributed by atoms with Crippen LogP contribution in [0.15, 0.2) is 87.6 Å². The average Bonchev–Trinajstić information content (AvgIpc) is 3.56. The van der Waals surface area contributed by atoms with Crippen molar-refractivity contribution in [1.82, 2.24) is 19.7 Å². The Morgan fingerprint density at radius 2 is 1.94 bits per heavy atom. The predicted molar refractivity (Wildman–Crippen MR) is 122 cm³/mol. The number of carbonyl (C=O) groups is 1. The molecule has 9 heteroatoms. The quantitative estimate of drug-likeness (QED) is 0.411. The van der Waals surface area contributed by atoms with Gasteiger partial charge in [0, 0.05) is 22.6 Å². The van der Waals surface area contributed by atoms with Gasteiger partial charge in [-0.15, -0.1) is 11.3 Å². The molecule has 0 saturated carbocycles. The monoisotopic (exact) mass is 443 g/mol. The molecule has 4 aromatic heterocycles. The number of amides is 1. The first kappa shape index (κ1) is 19.7. The Morgan fingerprint density at radius 1 is 1.06 bits per heavy atom. The minimum absolute atomic E-state index is 0.181. The van der Waals surface area contributed by atoms with Crippen LogP contribution in [0.1, 0.15) is 4.88 Å². The molecule has 2 N–H and O–H groups in total. The Labute approximate surface area is 186 Å². The topological polar surface area (TPSA) is 106 Å². The molecule has 0 aliphatic heterocycles. The molecule has 5 aromatic rings. The number of anilines is 1. The molecule has 4 heterocycles. The summed E-state index contributed by atoms with van der Waals surface area (Å²) in [6, 6.07) is 19.8. The van der Waals surface area contributed by atoms with Crippen LogP contribution in [-0.4, -0.2) is 25.7 Å². The number of rotatable bonds is 6. The fourth-order valence-electron chi connectivity index (χ4n) is 3.24. The van der Waals surface area contributed by atoms with Gasteiger partial charge in [-0.2, -0.15) is 9.78 Å². The fourth-order valence-corrected chi connectivity index (χ4v) is 3.94. The maximum absolute atomic E-state index is 12.7. The normalized spacial score (nSPS) is 10.9. The van der Waals surface area contributed by atoms with E-state index in [-0.39, 0.29) is 23.8 Å². The Morgan fingerprint density at radius 3 is 2.69 bits per heavy atom. The molecule has 0 unspecified atom stereocenters. The van der Waals surface area contributed by atoms with E-state index < -0.39 is 0 Å². The lowest BCUT2D eigenvalue weighted by Gasteiger charge is -2.09. The first-order valence-electron chi connectivity index (χ1n) is 9.79. The number of carbonyl (C=O) groups excluding carboxylic acids is 1. The number of H-pyrrole nitrogens is 1. The van der Waals surface area contributed by atoms with Crippen LogP contribution in [0.4, 0.5) is 5.82 Å². The van der Waals surface area contributed by atoms with Gasteiger partial charge < -0.3 is 9.73 Å². The van der Waals surface area contributed by atoms with Gasteiger partial charge in [0.1, 0.15) is 11.5 Å². The molecule has 0 atom stereocenters. The van der Waals surface area contributed by atoms with Crippen molar-refractivity contribution in [1.29, 1.82) is 0 Å². The van der Waals surface area contributed by atoms with Crippen LogP contribution < -0.4 is 10.9 Å². The largest absolute Gasteiger partial charge is 0.463 e. The Kier molecular flexibility index (Phi) is 5.22. The Bertz CT molecular complexity index is 1400. The minimum atomic E-state index is -0.334. The van der Waals surface area contributed by atoms with Gasteiger partial charge in [0.05, 0.1) is 18.4 Å². The van der Waals surface area contributed by atoms with Crippen molar-refractivity contribution in [3.63, 3.8) is 0 Å². The smallest absolute Gasteiger partial charge is 0.252 e. The number of nitrogens with one attached hydrogen (secondary N) is 2. The van der Waals surface area contributed by atoms with Gasteiger partial charge in [0.2, 0.25) is 11.9 Å². The Hall–Kier alpha value is -4.24. The second-order valence-corrected chi connectivity index (χ2v) is 7.96. The highest BCUT2D eigenvalue weighted by molar-refractivity contribution is 7.10. The molecule has 0 saturated heterocycles. The van der Waals surface area contributed by atoms with E-state index >= 15 is 0 Å². The third kappa shape index (κ3) is 4.14. The summed E-state index contributed by atoms with van der Waals surface area (Å²) < 4.78 is 6.85. The molecule has 0 spiro atoms. The van der Waals surface area contributed by atoms with E-state index in [0.29, 0.717) is 23.0 Å². The van der Waals surface area contributed by atoms with E-state index in [4.69, 9.17) is 4.42 Å². The lowest BCUT2D eigenvalue weighted by Crippen LogP contribution is -2.19. The molecule has 1 amide bonds. The summed E-state index contributed by atoms with van der Waals surface area (Å²) in [7, 11) is 0. The highest BCUT2D eigenvalue weighted by atomic mass is 32.1. The van der Waals surface area contributed by atoms with Gasteiger partial charge in [-0.1, -0.05) is 36.4 Å². The number of aromatic nitrogens is 4. The molecule has 0 aliphatic rings. The average molecular weight is 443 g/mol.